The van der Waals surface area contributed by atoms with Gasteiger partial charge in [0, 0.05) is 24.0 Å². The quantitative estimate of drug-likeness (QED) is 0.854. The Kier molecular flexibility index (Phi) is 5.78. The molecule has 0 aliphatic rings. The van der Waals surface area contributed by atoms with E-state index in [-0.39, 0.29) is 12.5 Å². The topological polar surface area (TPSA) is 41.6 Å². The van der Waals surface area contributed by atoms with E-state index in [1.807, 2.05) is 48.8 Å². The van der Waals surface area contributed by atoms with Crippen molar-refractivity contribution in [1.29, 1.82) is 0 Å². The summed E-state index contributed by atoms with van der Waals surface area (Å²) in [5.41, 5.74) is 1.05. The molecule has 0 fully saturated rings. The zero-order chi connectivity index (χ0) is 15.1. The number of benzene rings is 1. The van der Waals surface area contributed by atoms with Crippen molar-refractivity contribution in [3.05, 3.63) is 52.2 Å². The SMILES string of the molecule is CNCc1ccccc1OCC(=O)N(C)Cc1cccs1. The van der Waals surface area contributed by atoms with Crippen LogP contribution in [0.1, 0.15) is 10.4 Å². The van der Waals surface area contributed by atoms with Crippen molar-refractivity contribution in [2.45, 2.75) is 13.1 Å². The van der Waals surface area contributed by atoms with E-state index in [1.165, 1.54) is 4.88 Å². The fourth-order valence-corrected chi connectivity index (χ4v) is 2.71. The Hall–Kier alpha value is -1.85. The van der Waals surface area contributed by atoms with E-state index < -0.39 is 0 Å². The lowest BCUT2D eigenvalue weighted by Crippen LogP contribution is -2.30. The number of hydrogen-bond acceptors (Lipinski definition) is 4. The molecule has 0 atom stereocenters. The van der Waals surface area contributed by atoms with Crippen LogP contribution in [0.5, 0.6) is 5.75 Å². The normalized spacial score (nSPS) is 10.4. The molecule has 5 heteroatoms. The second-order valence-corrected chi connectivity index (χ2v) is 5.79. The van der Waals surface area contributed by atoms with Gasteiger partial charge in [0.1, 0.15) is 5.75 Å². The second kappa shape index (κ2) is 7.81. The van der Waals surface area contributed by atoms with Gasteiger partial charge >= 0.3 is 0 Å². The number of thiophene rings is 1. The monoisotopic (exact) mass is 304 g/mol. The zero-order valence-electron chi connectivity index (χ0n) is 12.3. The first-order valence-electron chi connectivity index (χ1n) is 6.82. The molecule has 2 rings (SSSR count). The molecule has 1 N–H and O–H groups in total. The Morgan fingerprint density at radius 3 is 2.81 bits per heavy atom. The lowest BCUT2D eigenvalue weighted by atomic mass is 10.2. The molecule has 0 aliphatic heterocycles. The predicted octanol–water partition coefficient (Wildman–Crippen LogP) is 2.50. The van der Waals surface area contributed by atoms with Crippen molar-refractivity contribution in [2.75, 3.05) is 20.7 Å². The van der Waals surface area contributed by atoms with E-state index >= 15 is 0 Å². The van der Waals surface area contributed by atoms with E-state index in [1.54, 1.807) is 23.3 Å². The van der Waals surface area contributed by atoms with Gasteiger partial charge in [0.25, 0.3) is 5.91 Å². The fourth-order valence-electron chi connectivity index (χ4n) is 1.96. The van der Waals surface area contributed by atoms with Gasteiger partial charge in [-0.05, 0) is 24.6 Å². The standard InChI is InChI=1S/C16H20N2O2S/c1-17-10-13-6-3-4-8-15(13)20-12-16(19)18(2)11-14-7-5-9-21-14/h3-9,17H,10-12H2,1-2H3. The van der Waals surface area contributed by atoms with Gasteiger partial charge in [0.05, 0.1) is 6.54 Å². The molecule has 0 unspecified atom stereocenters. The number of ether oxygens (including phenoxy) is 1. The van der Waals surface area contributed by atoms with Crippen molar-refractivity contribution < 1.29 is 9.53 Å². The lowest BCUT2D eigenvalue weighted by molar-refractivity contribution is -0.132. The van der Waals surface area contributed by atoms with Crippen molar-refractivity contribution in [2.24, 2.45) is 0 Å². The summed E-state index contributed by atoms with van der Waals surface area (Å²) >= 11 is 1.65. The molecule has 1 amide bonds. The zero-order valence-corrected chi connectivity index (χ0v) is 13.2. The summed E-state index contributed by atoms with van der Waals surface area (Å²) in [5.74, 6) is 0.729. The van der Waals surface area contributed by atoms with E-state index in [2.05, 4.69) is 5.32 Å². The molecule has 0 saturated carbocycles. The Morgan fingerprint density at radius 2 is 2.10 bits per heavy atom. The van der Waals surface area contributed by atoms with Gasteiger partial charge in [-0.1, -0.05) is 24.3 Å². The molecule has 0 aliphatic carbocycles. The number of carbonyl (C=O) groups is 1. The Balaban J connectivity index is 1.88. The fraction of sp³-hybridized carbons (Fsp3) is 0.312. The number of hydrogen-bond donors (Lipinski definition) is 1. The average molecular weight is 304 g/mol. The molecule has 0 radical (unpaired) electrons. The molecule has 0 bridgehead atoms. The maximum Gasteiger partial charge on any atom is 0.260 e. The first-order valence-corrected chi connectivity index (χ1v) is 7.70. The Morgan fingerprint density at radius 1 is 1.29 bits per heavy atom. The van der Waals surface area contributed by atoms with E-state index in [4.69, 9.17) is 4.74 Å². The number of nitrogens with one attached hydrogen (secondary N) is 1. The highest BCUT2D eigenvalue weighted by molar-refractivity contribution is 7.09. The van der Waals surface area contributed by atoms with Gasteiger partial charge in [-0.3, -0.25) is 4.79 Å². The third kappa shape index (κ3) is 4.58. The van der Waals surface area contributed by atoms with E-state index in [0.29, 0.717) is 6.54 Å². The van der Waals surface area contributed by atoms with Crippen molar-refractivity contribution in [1.82, 2.24) is 10.2 Å². The largest absolute Gasteiger partial charge is 0.483 e. The minimum Gasteiger partial charge on any atom is -0.483 e. The minimum atomic E-state index is -0.0253. The summed E-state index contributed by atoms with van der Waals surface area (Å²) in [5, 5.41) is 5.10. The molecule has 21 heavy (non-hydrogen) atoms. The van der Waals surface area contributed by atoms with Crippen molar-refractivity contribution >= 4 is 17.2 Å². The molecule has 1 aromatic carbocycles. The van der Waals surface area contributed by atoms with Crippen LogP contribution in [0, 0.1) is 0 Å². The molecular weight excluding hydrogens is 284 g/mol. The molecule has 0 spiro atoms. The van der Waals surface area contributed by atoms with Gasteiger partial charge in [-0.2, -0.15) is 0 Å². The van der Waals surface area contributed by atoms with Crippen LogP contribution in [-0.4, -0.2) is 31.5 Å². The van der Waals surface area contributed by atoms with Crippen LogP contribution >= 0.6 is 11.3 Å². The number of para-hydroxylation sites is 1. The number of likely N-dealkylation sites (N-methyl/N-ethyl adjacent to an activating group) is 1. The Labute approximate surface area is 129 Å². The predicted molar refractivity (Wildman–Crippen MR) is 85.5 cm³/mol. The van der Waals surface area contributed by atoms with Crippen LogP contribution in [0.25, 0.3) is 0 Å². The third-order valence-corrected chi connectivity index (χ3v) is 3.95. The number of rotatable bonds is 7. The maximum absolute atomic E-state index is 12.1. The minimum absolute atomic E-state index is 0.0253. The number of nitrogens with zero attached hydrogens (tertiary/aromatic N) is 1. The first kappa shape index (κ1) is 15.5. The second-order valence-electron chi connectivity index (χ2n) is 4.76. The Bertz CT molecular complexity index is 569. The molecule has 1 heterocycles. The van der Waals surface area contributed by atoms with Crippen LogP contribution in [-0.2, 0) is 17.9 Å². The van der Waals surface area contributed by atoms with Crippen molar-refractivity contribution in [3.8, 4) is 5.75 Å². The van der Waals surface area contributed by atoms with Gasteiger partial charge < -0.3 is 15.0 Å². The number of amides is 1. The molecule has 112 valence electrons. The summed E-state index contributed by atoms with van der Waals surface area (Å²) in [6.07, 6.45) is 0. The van der Waals surface area contributed by atoms with Crippen LogP contribution in [0.4, 0.5) is 0 Å². The summed E-state index contributed by atoms with van der Waals surface area (Å²) < 4.78 is 5.66. The first-order chi connectivity index (χ1) is 10.2. The van der Waals surface area contributed by atoms with Crippen LogP contribution in [0.3, 0.4) is 0 Å². The van der Waals surface area contributed by atoms with E-state index in [0.717, 1.165) is 17.9 Å². The third-order valence-electron chi connectivity index (χ3n) is 3.09. The van der Waals surface area contributed by atoms with Crippen molar-refractivity contribution in [3.63, 3.8) is 0 Å². The maximum atomic E-state index is 12.1. The van der Waals surface area contributed by atoms with Crippen LogP contribution < -0.4 is 10.1 Å². The smallest absolute Gasteiger partial charge is 0.260 e. The van der Waals surface area contributed by atoms with Gasteiger partial charge in [0.2, 0.25) is 0 Å². The van der Waals surface area contributed by atoms with E-state index in [9.17, 15) is 4.79 Å². The molecule has 4 nitrogen and oxygen atoms in total. The van der Waals surface area contributed by atoms with Gasteiger partial charge in [-0.15, -0.1) is 11.3 Å². The average Bonchev–Trinajstić information content (AvgIpc) is 2.99. The highest BCUT2D eigenvalue weighted by atomic mass is 32.1. The number of carbonyl (C=O) groups excluding carboxylic acids is 1. The summed E-state index contributed by atoms with van der Waals surface area (Å²) in [7, 11) is 3.68. The molecule has 1 aromatic heterocycles. The highest BCUT2D eigenvalue weighted by Crippen LogP contribution is 2.18. The molecule has 2 aromatic rings. The lowest BCUT2D eigenvalue weighted by Gasteiger charge is -2.17. The summed E-state index contributed by atoms with van der Waals surface area (Å²) in [6, 6.07) is 11.8. The van der Waals surface area contributed by atoms with Gasteiger partial charge in [0.15, 0.2) is 6.61 Å². The van der Waals surface area contributed by atoms with Crippen LogP contribution in [0.2, 0.25) is 0 Å². The molecular formula is C16H20N2O2S. The summed E-state index contributed by atoms with van der Waals surface area (Å²) in [4.78, 5) is 15.0. The molecule has 0 saturated heterocycles. The van der Waals surface area contributed by atoms with Gasteiger partial charge in [-0.25, -0.2) is 0 Å². The highest BCUT2D eigenvalue weighted by Gasteiger charge is 2.11. The summed E-state index contributed by atoms with van der Waals surface area (Å²) in [6.45, 7) is 1.40. The van der Waals surface area contributed by atoms with Crippen LogP contribution in [0.15, 0.2) is 41.8 Å².